The van der Waals surface area contributed by atoms with Crippen molar-refractivity contribution in [2.75, 3.05) is 0 Å². The highest BCUT2D eigenvalue weighted by atomic mass is 16.1. The Balaban J connectivity index is 2.01. The van der Waals surface area contributed by atoms with Crippen molar-refractivity contribution in [1.82, 2.24) is 0 Å². The molecule has 2 aromatic carbocycles. The molecule has 1 aliphatic carbocycles. The number of ketones is 2. The van der Waals surface area contributed by atoms with Crippen molar-refractivity contribution in [2.45, 2.75) is 26.7 Å². The van der Waals surface area contributed by atoms with Crippen molar-refractivity contribution in [3.8, 4) is 0 Å². The smallest absolute Gasteiger partial charge is 0.192 e. The summed E-state index contributed by atoms with van der Waals surface area (Å²) in [6, 6.07) is 18.6. The zero-order valence-corrected chi connectivity index (χ0v) is 15.3. The summed E-state index contributed by atoms with van der Waals surface area (Å²) in [5.74, 6) is -0.280. The molecule has 1 aliphatic rings. The largest absolute Gasteiger partial charge is 0.293 e. The van der Waals surface area contributed by atoms with E-state index >= 15 is 0 Å². The van der Waals surface area contributed by atoms with E-state index in [0.717, 1.165) is 12.8 Å². The Morgan fingerprint density at radius 3 is 1.92 bits per heavy atom. The first-order valence-electron chi connectivity index (χ1n) is 9.21. The van der Waals surface area contributed by atoms with Crippen LogP contribution in [-0.2, 0) is 0 Å². The topological polar surface area (TPSA) is 34.1 Å². The molecule has 0 saturated carbocycles. The van der Waals surface area contributed by atoms with Crippen molar-refractivity contribution in [2.24, 2.45) is 11.3 Å². The van der Waals surface area contributed by atoms with Crippen molar-refractivity contribution >= 4 is 11.6 Å². The summed E-state index contributed by atoms with van der Waals surface area (Å²) in [5.41, 5.74) is 1.70. The summed E-state index contributed by atoms with van der Waals surface area (Å²) >= 11 is 0. The molecule has 0 aromatic heterocycles. The predicted molar refractivity (Wildman–Crippen MR) is 105 cm³/mol. The van der Waals surface area contributed by atoms with Crippen LogP contribution in [0.3, 0.4) is 0 Å². The fourth-order valence-electron chi connectivity index (χ4n) is 3.71. The first-order chi connectivity index (χ1) is 12.6. The van der Waals surface area contributed by atoms with Crippen LogP contribution in [0.1, 0.15) is 47.4 Å². The minimum atomic E-state index is -0.326. The molecule has 1 atom stereocenters. The highest BCUT2D eigenvalue weighted by Gasteiger charge is 2.39. The number of allylic oxidation sites excluding steroid dienone is 4. The van der Waals surface area contributed by atoms with E-state index in [1.807, 2.05) is 72.8 Å². The number of benzene rings is 2. The molecule has 0 heterocycles. The zero-order valence-electron chi connectivity index (χ0n) is 15.3. The molecule has 0 N–H and O–H groups in total. The molecule has 26 heavy (non-hydrogen) atoms. The molecule has 0 bridgehead atoms. The van der Waals surface area contributed by atoms with E-state index in [0.29, 0.717) is 16.7 Å². The number of Topliss-reactive ketones (excluding diaryl/α,β-unsaturated/α-hetero) is 2. The minimum Gasteiger partial charge on any atom is -0.293 e. The van der Waals surface area contributed by atoms with Gasteiger partial charge in [0.05, 0.1) is 5.92 Å². The van der Waals surface area contributed by atoms with E-state index in [1.165, 1.54) is 0 Å². The van der Waals surface area contributed by atoms with Gasteiger partial charge in [0.25, 0.3) is 0 Å². The highest BCUT2D eigenvalue weighted by molar-refractivity contribution is 6.11. The van der Waals surface area contributed by atoms with Gasteiger partial charge in [0.15, 0.2) is 11.6 Å². The van der Waals surface area contributed by atoms with Gasteiger partial charge < -0.3 is 0 Å². The summed E-state index contributed by atoms with van der Waals surface area (Å²) in [5, 5.41) is 0. The summed E-state index contributed by atoms with van der Waals surface area (Å²) in [7, 11) is 0. The standard InChI is InChI=1S/C24H24O2/c1-3-24(4-2)16-15-20(22(25)18-11-7-5-8-12-18)17-21(24)23(26)19-13-9-6-10-14-19/h5-17,21H,3-4H2,1-2H3. The lowest BCUT2D eigenvalue weighted by Gasteiger charge is -2.37. The maximum Gasteiger partial charge on any atom is 0.192 e. The molecular weight excluding hydrogens is 320 g/mol. The molecule has 1 unspecified atom stereocenters. The highest BCUT2D eigenvalue weighted by Crippen LogP contribution is 2.43. The van der Waals surface area contributed by atoms with E-state index in [-0.39, 0.29) is 22.9 Å². The summed E-state index contributed by atoms with van der Waals surface area (Å²) < 4.78 is 0. The van der Waals surface area contributed by atoms with Gasteiger partial charge in [0.1, 0.15) is 0 Å². The zero-order chi connectivity index (χ0) is 18.6. The van der Waals surface area contributed by atoms with Gasteiger partial charge >= 0.3 is 0 Å². The van der Waals surface area contributed by atoms with Crippen LogP contribution in [0.2, 0.25) is 0 Å². The first kappa shape index (κ1) is 18.1. The molecule has 2 heteroatoms. The Morgan fingerprint density at radius 2 is 1.38 bits per heavy atom. The van der Waals surface area contributed by atoms with Gasteiger partial charge in [-0.25, -0.2) is 0 Å². The van der Waals surface area contributed by atoms with Gasteiger partial charge in [0, 0.05) is 22.1 Å². The molecule has 2 aromatic rings. The van der Waals surface area contributed by atoms with Gasteiger partial charge in [-0.3, -0.25) is 9.59 Å². The molecule has 0 saturated heterocycles. The molecule has 0 spiro atoms. The quantitative estimate of drug-likeness (QED) is 0.633. The van der Waals surface area contributed by atoms with E-state index < -0.39 is 0 Å². The first-order valence-corrected chi connectivity index (χ1v) is 9.21. The Bertz CT molecular complexity index is 840. The van der Waals surface area contributed by atoms with Crippen molar-refractivity contribution in [3.05, 3.63) is 95.6 Å². The van der Waals surface area contributed by atoms with Crippen LogP contribution in [0, 0.1) is 11.3 Å². The van der Waals surface area contributed by atoms with Crippen LogP contribution in [-0.4, -0.2) is 11.6 Å². The van der Waals surface area contributed by atoms with Gasteiger partial charge in [-0.05, 0) is 12.8 Å². The Kier molecular flexibility index (Phi) is 5.32. The maximum atomic E-state index is 13.2. The van der Waals surface area contributed by atoms with E-state index in [2.05, 4.69) is 19.9 Å². The normalized spacial score (nSPS) is 18.2. The van der Waals surface area contributed by atoms with Crippen LogP contribution in [0.25, 0.3) is 0 Å². The number of carbonyl (C=O) groups is 2. The van der Waals surface area contributed by atoms with Crippen LogP contribution < -0.4 is 0 Å². The molecule has 132 valence electrons. The van der Waals surface area contributed by atoms with Crippen LogP contribution in [0.5, 0.6) is 0 Å². The minimum absolute atomic E-state index is 0.0338. The average molecular weight is 344 g/mol. The fraction of sp³-hybridized carbons (Fsp3) is 0.250. The third-order valence-corrected chi connectivity index (χ3v) is 5.52. The average Bonchev–Trinajstić information content (AvgIpc) is 2.73. The molecule has 0 radical (unpaired) electrons. The fourth-order valence-corrected chi connectivity index (χ4v) is 3.71. The van der Waals surface area contributed by atoms with Gasteiger partial charge in [0.2, 0.25) is 0 Å². The third-order valence-electron chi connectivity index (χ3n) is 5.52. The van der Waals surface area contributed by atoms with Crippen LogP contribution in [0.4, 0.5) is 0 Å². The summed E-state index contributed by atoms with van der Waals surface area (Å²) in [4.78, 5) is 26.1. The van der Waals surface area contributed by atoms with Crippen LogP contribution >= 0.6 is 0 Å². The summed E-state index contributed by atoms with van der Waals surface area (Å²) in [6.07, 6.45) is 7.57. The second-order valence-electron chi connectivity index (χ2n) is 6.80. The third kappa shape index (κ3) is 3.32. The lowest BCUT2D eigenvalue weighted by atomic mass is 9.65. The summed E-state index contributed by atoms with van der Waals surface area (Å²) in [6.45, 7) is 4.22. The van der Waals surface area contributed by atoms with Gasteiger partial charge in [-0.15, -0.1) is 0 Å². The molecule has 3 rings (SSSR count). The maximum absolute atomic E-state index is 13.2. The van der Waals surface area contributed by atoms with E-state index in [1.54, 1.807) is 0 Å². The molecule has 0 aliphatic heterocycles. The number of rotatable bonds is 6. The lowest BCUT2D eigenvalue weighted by molar-refractivity contribution is 0.0850. The van der Waals surface area contributed by atoms with Gasteiger partial charge in [-0.1, -0.05) is 92.7 Å². The second kappa shape index (κ2) is 7.65. The number of hydrogen-bond donors (Lipinski definition) is 0. The molecule has 0 fully saturated rings. The van der Waals surface area contributed by atoms with Crippen molar-refractivity contribution < 1.29 is 9.59 Å². The molecular formula is C24H24O2. The van der Waals surface area contributed by atoms with E-state index in [4.69, 9.17) is 0 Å². The second-order valence-corrected chi connectivity index (χ2v) is 6.80. The predicted octanol–water partition coefficient (Wildman–Crippen LogP) is 5.67. The van der Waals surface area contributed by atoms with Gasteiger partial charge in [-0.2, -0.15) is 0 Å². The van der Waals surface area contributed by atoms with E-state index in [9.17, 15) is 9.59 Å². The number of carbonyl (C=O) groups excluding carboxylic acids is 2. The number of hydrogen-bond acceptors (Lipinski definition) is 2. The molecule has 2 nitrogen and oxygen atoms in total. The Hall–Kier alpha value is -2.74. The Labute approximate surface area is 155 Å². The molecule has 0 amide bonds. The Morgan fingerprint density at radius 1 is 0.846 bits per heavy atom. The SMILES string of the molecule is CCC1(CC)C=CC(C(=O)c2ccccc2)=CC1C(=O)c1ccccc1. The van der Waals surface area contributed by atoms with Crippen LogP contribution in [0.15, 0.2) is 84.5 Å². The monoisotopic (exact) mass is 344 g/mol. The van der Waals surface area contributed by atoms with Crippen molar-refractivity contribution in [1.29, 1.82) is 0 Å². The lowest BCUT2D eigenvalue weighted by Crippen LogP contribution is -2.35. The van der Waals surface area contributed by atoms with Crippen molar-refractivity contribution in [3.63, 3.8) is 0 Å².